The van der Waals surface area contributed by atoms with Crippen LogP contribution in [0.15, 0.2) is 66.7 Å². The number of anilines is 1. The van der Waals surface area contributed by atoms with E-state index in [0.29, 0.717) is 22.6 Å². The van der Waals surface area contributed by atoms with Crippen LogP contribution in [0.5, 0.6) is 5.75 Å². The maximum absolute atomic E-state index is 14.0. The second-order valence-electron chi connectivity index (χ2n) is 10.4. The van der Waals surface area contributed by atoms with Crippen molar-refractivity contribution in [3.8, 4) is 5.75 Å². The highest BCUT2D eigenvalue weighted by atomic mass is 16.5. The number of methoxy groups -OCH3 is 1. The third-order valence-electron chi connectivity index (χ3n) is 6.89. The lowest BCUT2D eigenvalue weighted by atomic mass is 9.81. The zero-order valence-corrected chi connectivity index (χ0v) is 22.1. The van der Waals surface area contributed by atoms with Gasteiger partial charge in [0, 0.05) is 0 Å². The van der Waals surface area contributed by atoms with Crippen molar-refractivity contribution in [2.24, 2.45) is 0 Å². The normalized spacial score (nSPS) is 17.5. The van der Waals surface area contributed by atoms with Crippen molar-refractivity contribution in [1.29, 1.82) is 0 Å². The van der Waals surface area contributed by atoms with E-state index in [1.54, 1.807) is 18.2 Å². The summed E-state index contributed by atoms with van der Waals surface area (Å²) in [6.07, 6.45) is 0. The standard InChI is InChI=1S/C30H33N3O4/c1-19-12-13-23(16-20(19)2)30(21-10-8-7-9-11-21)27(35)33(28(36)32-30)18-26(34)31-24-17-22(29(3,4)5)14-15-25(24)37-6/h7-17H,18H2,1-6H3,(H,31,34)(H,32,36). The molecular formula is C30H33N3O4. The molecule has 192 valence electrons. The monoisotopic (exact) mass is 499 g/mol. The van der Waals surface area contributed by atoms with Gasteiger partial charge in [-0.2, -0.15) is 0 Å². The SMILES string of the molecule is COc1ccc(C(C)(C)C)cc1NC(=O)CN1C(=O)NC(c2ccccc2)(c2ccc(C)c(C)c2)C1=O. The van der Waals surface area contributed by atoms with E-state index in [9.17, 15) is 14.4 Å². The first-order valence-electron chi connectivity index (χ1n) is 12.2. The summed E-state index contributed by atoms with van der Waals surface area (Å²) in [5.74, 6) is -0.512. The average Bonchev–Trinajstić information content (AvgIpc) is 3.11. The molecule has 0 aliphatic carbocycles. The van der Waals surface area contributed by atoms with Crippen molar-refractivity contribution < 1.29 is 19.1 Å². The van der Waals surface area contributed by atoms with Gasteiger partial charge in [0.15, 0.2) is 5.54 Å². The molecule has 4 amide bonds. The summed E-state index contributed by atoms with van der Waals surface area (Å²) < 4.78 is 5.42. The summed E-state index contributed by atoms with van der Waals surface area (Å²) in [7, 11) is 1.52. The molecule has 1 saturated heterocycles. The van der Waals surface area contributed by atoms with Gasteiger partial charge in [-0.05, 0) is 59.2 Å². The van der Waals surface area contributed by atoms with Crippen LogP contribution in [0.25, 0.3) is 0 Å². The van der Waals surface area contributed by atoms with E-state index in [2.05, 4.69) is 31.4 Å². The van der Waals surface area contributed by atoms with Crippen LogP contribution in [-0.4, -0.2) is 36.4 Å². The number of nitrogens with zero attached hydrogens (tertiary/aromatic N) is 1. The van der Waals surface area contributed by atoms with Crippen LogP contribution in [0, 0.1) is 13.8 Å². The molecule has 3 aromatic carbocycles. The molecule has 0 bridgehead atoms. The first kappa shape index (κ1) is 25.9. The molecule has 0 saturated carbocycles. The van der Waals surface area contributed by atoms with Crippen LogP contribution in [-0.2, 0) is 20.5 Å². The molecule has 2 N–H and O–H groups in total. The van der Waals surface area contributed by atoms with Crippen molar-refractivity contribution in [3.63, 3.8) is 0 Å². The number of imide groups is 1. The lowest BCUT2D eigenvalue weighted by molar-refractivity contribution is -0.133. The van der Waals surface area contributed by atoms with Crippen molar-refractivity contribution in [3.05, 3.63) is 94.5 Å². The fourth-order valence-corrected chi connectivity index (χ4v) is 4.55. The Morgan fingerprint density at radius 3 is 2.27 bits per heavy atom. The van der Waals surface area contributed by atoms with Gasteiger partial charge in [-0.3, -0.25) is 14.5 Å². The van der Waals surface area contributed by atoms with Crippen molar-refractivity contribution in [1.82, 2.24) is 10.2 Å². The topological polar surface area (TPSA) is 87.7 Å². The first-order valence-corrected chi connectivity index (χ1v) is 12.2. The minimum Gasteiger partial charge on any atom is -0.495 e. The molecule has 1 aliphatic rings. The maximum atomic E-state index is 14.0. The van der Waals surface area contributed by atoms with Crippen molar-refractivity contribution >= 4 is 23.5 Å². The Hall–Kier alpha value is -4.13. The Labute approximate surface area is 217 Å². The Bertz CT molecular complexity index is 1360. The lowest BCUT2D eigenvalue weighted by Gasteiger charge is -2.28. The Kier molecular flexibility index (Phi) is 6.82. The van der Waals surface area contributed by atoms with Gasteiger partial charge < -0.3 is 15.4 Å². The third-order valence-corrected chi connectivity index (χ3v) is 6.89. The van der Waals surface area contributed by atoms with E-state index in [4.69, 9.17) is 4.74 Å². The van der Waals surface area contributed by atoms with E-state index in [0.717, 1.165) is 21.6 Å². The van der Waals surface area contributed by atoms with Crippen molar-refractivity contribution in [2.45, 2.75) is 45.6 Å². The van der Waals surface area contributed by atoms with E-state index < -0.39 is 29.9 Å². The Morgan fingerprint density at radius 1 is 0.946 bits per heavy atom. The minimum absolute atomic E-state index is 0.141. The largest absolute Gasteiger partial charge is 0.495 e. The predicted octanol–water partition coefficient (Wildman–Crippen LogP) is 5.04. The molecule has 1 heterocycles. The summed E-state index contributed by atoms with van der Waals surface area (Å²) in [6.45, 7) is 9.73. The lowest BCUT2D eigenvalue weighted by Crippen LogP contribution is -2.45. The molecule has 7 nitrogen and oxygen atoms in total. The second kappa shape index (κ2) is 9.73. The highest BCUT2D eigenvalue weighted by molar-refractivity contribution is 6.12. The van der Waals surface area contributed by atoms with Crippen LogP contribution >= 0.6 is 0 Å². The zero-order valence-electron chi connectivity index (χ0n) is 22.1. The fourth-order valence-electron chi connectivity index (χ4n) is 4.55. The number of ether oxygens (including phenoxy) is 1. The number of rotatable bonds is 6. The summed E-state index contributed by atoms with van der Waals surface area (Å²) in [4.78, 5) is 41.3. The highest BCUT2D eigenvalue weighted by Gasteiger charge is 2.54. The quantitative estimate of drug-likeness (QED) is 0.465. The summed E-state index contributed by atoms with van der Waals surface area (Å²) in [6, 6.07) is 19.8. The number of carbonyl (C=O) groups is 3. The number of hydrogen-bond acceptors (Lipinski definition) is 4. The van der Waals surface area contributed by atoms with Crippen molar-refractivity contribution in [2.75, 3.05) is 19.0 Å². The van der Waals surface area contributed by atoms with E-state index in [1.807, 2.05) is 62.4 Å². The smallest absolute Gasteiger partial charge is 0.326 e. The molecule has 1 unspecified atom stereocenters. The Morgan fingerprint density at radius 2 is 1.65 bits per heavy atom. The number of amides is 4. The molecule has 1 fully saturated rings. The van der Waals surface area contributed by atoms with E-state index >= 15 is 0 Å². The number of aryl methyl sites for hydroxylation is 2. The molecule has 0 radical (unpaired) electrons. The fraction of sp³-hybridized carbons (Fsp3) is 0.300. The number of urea groups is 1. The molecule has 0 spiro atoms. The van der Waals surface area contributed by atoms with Gasteiger partial charge in [-0.25, -0.2) is 4.79 Å². The third kappa shape index (κ3) is 4.81. The molecule has 7 heteroatoms. The van der Waals surface area contributed by atoms with Gasteiger partial charge in [-0.1, -0.05) is 75.4 Å². The number of benzene rings is 3. The van der Waals surface area contributed by atoms with Gasteiger partial charge >= 0.3 is 6.03 Å². The van der Waals surface area contributed by atoms with Gasteiger partial charge in [0.1, 0.15) is 12.3 Å². The molecule has 3 aromatic rings. The second-order valence-corrected chi connectivity index (χ2v) is 10.4. The number of nitrogens with one attached hydrogen (secondary N) is 2. The van der Waals surface area contributed by atoms with Crippen LogP contribution < -0.4 is 15.4 Å². The Balaban J connectivity index is 1.67. The van der Waals surface area contributed by atoms with Gasteiger partial charge in [0.25, 0.3) is 5.91 Å². The molecular weight excluding hydrogens is 466 g/mol. The van der Waals surface area contributed by atoms with E-state index in [1.165, 1.54) is 7.11 Å². The van der Waals surface area contributed by atoms with Crippen LogP contribution in [0.3, 0.4) is 0 Å². The average molecular weight is 500 g/mol. The maximum Gasteiger partial charge on any atom is 0.326 e. The van der Waals surface area contributed by atoms with Crippen LogP contribution in [0.1, 0.15) is 48.6 Å². The molecule has 1 atom stereocenters. The zero-order chi connectivity index (χ0) is 27.0. The molecule has 1 aliphatic heterocycles. The first-order chi connectivity index (χ1) is 17.5. The summed E-state index contributed by atoms with van der Waals surface area (Å²) in [5.41, 5.74) is 3.26. The molecule has 37 heavy (non-hydrogen) atoms. The number of hydrogen-bond donors (Lipinski definition) is 2. The van der Waals surface area contributed by atoms with Crippen LogP contribution in [0.2, 0.25) is 0 Å². The van der Waals surface area contributed by atoms with Crippen LogP contribution in [0.4, 0.5) is 10.5 Å². The summed E-state index contributed by atoms with van der Waals surface area (Å²) >= 11 is 0. The highest BCUT2D eigenvalue weighted by Crippen LogP contribution is 2.37. The van der Waals surface area contributed by atoms with E-state index in [-0.39, 0.29) is 5.41 Å². The predicted molar refractivity (Wildman–Crippen MR) is 144 cm³/mol. The van der Waals surface area contributed by atoms with Gasteiger partial charge in [0.2, 0.25) is 5.91 Å². The van der Waals surface area contributed by atoms with Gasteiger partial charge in [0.05, 0.1) is 12.8 Å². The minimum atomic E-state index is -1.43. The van der Waals surface area contributed by atoms with Gasteiger partial charge in [-0.15, -0.1) is 0 Å². The molecule has 0 aromatic heterocycles. The number of carbonyl (C=O) groups excluding carboxylic acids is 3. The summed E-state index contributed by atoms with van der Waals surface area (Å²) in [5, 5.41) is 5.73. The molecule has 4 rings (SSSR count).